The number of carbonyl (C=O) groups excluding carboxylic acids is 1. The Hall–Kier alpha value is -1.85. The molecule has 0 saturated carbocycles. The molecule has 1 aromatic rings. The molecule has 1 aromatic heterocycles. The van der Waals surface area contributed by atoms with Gasteiger partial charge in [-0.1, -0.05) is 0 Å². The lowest BCUT2D eigenvalue weighted by molar-refractivity contribution is 0.0525. The SMILES string of the molecule is Cc1nccc(N(C)C(C)CNC(=O)OC(C)(C)C)n1. The Morgan fingerprint density at radius 3 is 2.70 bits per heavy atom. The number of anilines is 1. The fourth-order valence-corrected chi connectivity index (χ4v) is 1.55. The molecule has 20 heavy (non-hydrogen) atoms. The van der Waals surface area contributed by atoms with Crippen LogP contribution < -0.4 is 10.2 Å². The van der Waals surface area contributed by atoms with Gasteiger partial charge in [-0.3, -0.25) is 0 Å². The molecule has 0 aromatic carbocycles. The zero-order valence-electron chi connectivity index (χ0n) is 13.1. The van der Waals surface area contributed by atoms with Crippen LogP contribution in [0.5, 0.6) is 0 Å². The van der Waals surface area contributed by atoms with E-state index < -0.39 is 11.7 Å². The molecule has 6 heteroatoms. The number of aromatic nitrogens is 2. The van der Waals surface area contributed by atoms with Crippen LogP contribution in [0.3, 0.4) is 0 Å². The molecule has 1 heterocycles. The van der Waals surface area contributed by atoms with E-state index >= 15 is 0 Å². The molecule has 1 amide bonds. The van der Waals surface area contributed by atoms with E-state index in [-0.39, 0.29) is 6.04 Å². The van der Waals surface area contributed by atoms with Crippen LogP contribution in [0.4, 0.5) is 10.6 Å². The Bertz CT molecular complexity index is 457. The first-order valence-electron chi connectivity index (χ1n) is 6.68. The molecule has 0 bridgehead atoms. The maximum atomic E-state index is 11.6. The van der Waals surface area contributed by atoms with Gasteiger partial charge in [0.15, 0.2) is 0 Å². The van der Waals surface area contributed by atoms with Crippen molar-refractivity contribution in [3.8, 4) is 0 Å². The standard InChI is InChI=1S/C14H24N4O2/c1-10(9-16-13(19)20-14(3,4)5)18(6)12-7-8-15-11(2)17-12/h7-8,10H,9H2,1-6H3,(H,16,19). The number of ether oxygens (including phenoxy) is 1. The highest BCUT2D eigenvalue weighted by atomic mass is 16.6. The molecule has 0 aliphatic heterocycles. The molecule has 1 unspecified atom stereocenters. The highest BCUT2D eigenvalue weighted by Gasteiger charge is 2.18. The smallest absolute Gasteiger partial charge is 0.407 e. The van der Waals surface area contributed by atoms with Crippen LogP contribution >= 0.6 is 0 Å². The minimum Gasteiger partial charge on any atom is -0.444 e. The second-order valence-electron chi connectivity index (χ2n) is 5.80. The lowest BCUT2D eigenvalue weighted by Gasteiger charge is -2.27. The number of likely N-dealkylation sites (N-methyl/N-ethyl adjacent to an activating group) is 1. The van der Waals surface area contributed by atoms with Gasteiger partial charge in [0.05, 0.1) is 0 Å². The second kappa shape index (κ2) is 6.54. The Morgan fingerprint density at radius 2 is 2.15 bits per heavy atom. The molecule has 0 fully saturated rings. The zero-order chi connectivity index (χ0) is 15.3. The fourth-order valence-electron chi connectivity index (χ4n) is 1.55. The molecular weight excluding hydrogens is 256 g/mol. The third kappa shape index (κ3) is 5.42. The van der Waals surface area contributed by atoms with Crippen LogP contribution in [-0.2, 0) is 4.74 Å². The van der Waals surface area contributed by atoms with Gasteiger partial charge < -0.3 is 15.0 Å². The lowest BCUT2D eigenvalue weighted by atomic mass is 10.2. The summed E-state index contributed by atoms with van der Waals surface area (Å²) >= 11 is 0. The molecule has 112 valence electrons. The monoisotopic (exact) mass is 280 g/mol. The number of nitrogens with one attached hydrogen (secondary N) is 1. The fraction of sp³-hybridized carbons (Fsp3) is 0.643. The summed E-state index contributed by atoms with van der Waals surface area (Å²) in [6.07, 6.45) is 1.32. The summed E-state index contributed by atoms with van der Waals surface area (Å²) in [5.41, 5.74) is -0.483. The van der Waals surface area contributed by atoms with Gasteiger partial charge >= 0.3 is 6.09 Å². The van der Waals surface area contributed by atoms with Crippen LogP contribution in [0, 0.1) is 6.92 Å². The van der Waals surface area contributed by atoms with Crippen molar-refractivity contribution in [1.29, 1.82) is 0 Å². The van der Waals surface area contributed by atoms with Crippen molar-refractivity contribution >= 4 is 11.9 Å². The summed E-state index contributed by atoms with van der Waals surface area (Å²) in [6.45, 7) is 9.85. The Morgan fingerprint density at radius 1 is 1.50 bits per heavy atom. The largest absolute Gasteiger partial charge is 0.444 e. The minimum atomic E-state index is -0.483. The van der Waals surface area contributed by atoms with E-state index in [1.807, 2.05) is 52.6 Å². The Kier molecular flexibility index (Phi) is 5.30. The van der Waals surface area contributed by atoms with Crippen LogP contribution in [0.15, 0.2) is 12.3 Å². The average molecular weight is 280 g/mol. The van der Waals surface area contributed by atoms with Gasteiger partial charge in [0, 0.05) is 25.8 Å². The molecular formula is C14H24N4O2. The van der Waals surface area contributed by atoms with Gasteiger partial charge in [0.25, 0.3) is 0 Å². The van der Waals surface area contributed by atoms with E-state index in [0.717, 1.165) is 11.6 Å². The molecule has 0 aliphatic rings. The molecule has 0 spiro atoms. The molecule has 1 rings (SSSR count). The van der Waals surface area contributed by atoms with Crippen molar-refractivity contribution in [3.63, 3.8) is 0 Å². The molecule has 0 saturated heterocycles. The van der Waals surface area contributed by atoms with Gasteiger partial charge in [-0.25, -0.2) is 14.8 Å². The van der Waals surface area contributed by atoms with E-state index in [0.29, 0.717) is 6.54 Å². The summed E-state index contributed by atoms with van der Waals surface area (Å²) in [6, 6.07) is 1.94. The van der Waals surface area contributed by atoms with Crippen molar-refractivity contribution in [1.82, 2.24) is 15.3 Å². The average Bonchev–Trinajstić information content (AvgIpc) is 2.33. The van der Waals surface area contributed by atoms with E-state index in [9.17, 15) is 4.79 Å². The van der Waals surface area contributed by atoms with Crippen LogP contribution in [0.2, 0.25) is 0 Å². The first-order valence-corrected chi connectivity index (χ1v) is 6.68. The second-order valence-corrected chi connectivity index (χ2v) is 5.80. The van der Waals surface area contributed by atoms with Crippen molar-refractivity contribution in [2.75, 3.05) is 18.5 Å². The first-order chi connectivity index (χ1) is 9.19. The molecule has 1 atom stereocenters. The highest BCUT2D eigenvalue weighted by molar-refractivity contribution is 5.67. The van der Waals surface area contributed by atoms with Crippen LogP contribution in [0.1, 0.15) is 33.5 Å². The number of aryl methyl sites for hydroxylation is 1. The number of carbonyl (C=O) groups is 1. The van der Waals surface area contributed by atoms with Crippen molar-refractivity contribution in [3.05, 3.63) is 18.1 Å². The number of alkyl carbamates (subject to hydrolysis) is 1. The Balaban J connectivity index is 2.50. The number of hydrogen-bond acceptors (Lipinski definition) is 5. The quantitative estimate of drug-likeness (QED) is 0.915. The van der Waals surface area contributed by atoms with Crippen molar-refractivity contribution < 1.29 is 9.53 Å². The predicted octanol–water partition coefficient (Wildman–Crippen LogP) is 2.13. The van der Waals surface area contributed by atoms with E-state index in [1.54, 1.807) is 6.20 Å². The molecule has 6 nitrogen and oxygen atoms in total. The first kappa shape index (κ1) is 16.2. The van der Waals surface area contributed by atoms with E-state index in [1.165, 1.54) is 0 Å². The third-order valence-corrected chi connectivity index (χ3v) is 2.72. The van der Waals surface area contributed by atoms with E-state index in [2.05, 4.69) is 15.3 Å². The minimum absolute atomic E-state index is 0.0943. The van der Waals surface area contributed by atoms with Gasteiger partial charge in [-0.05, 0) is 40.7 Å². The maximum absolute atomic E-state index is 11.6. The van der Waals surface area contributed by atoms with Crippen molar-refractivity contribution in [2.45, 2.75) is 46.3 Å². The zero-order valence-corrected chi connectivity index (χ0v) is 13.1. The number of hydrogen-bond donors (Lipinski definition) is 1. The van der Waals surface area contributed by atoms with Crippen LogP contribution in [0.25, 0.3) is 0 Å². The highest BCUT2D eigenvalue weighted by Crippen LogP contribution is 2.11. The summed E-state index contributed by atoms with van der Waals surface area (Å²) in [5, 5.41) is 2.76. The van der Waals surface area contributed by atoms with Gasteiger partial charge in [-0.15, -0.1) is 0 Å². The van der Waals surface area contributed by atoms with E-state index in [4.69, 9.17) is 4.74 Å². The topological polar surface area (TPSA) is 67.4 Å². The summed E-state index contributed by atoms with van der Waals surface area (Å²) < 4.78 is 5.20. The maximum Gasteiger partial charge on any atom is 0.407 e. The summed E-state index contributed by atoms with van der Waals surface area (Å²) in [7, 11) is 1.93. The summed E-state index contributed by atoms with van der Waals surface area (Å²) in [4.78, 5) is 22.0. The van der Waals surface area contributed by atoms with Gasteiger partial charge in [0.2, 0.25) is 0 Å². The summed E-state index contributed by atoms with van der Waals surface area (Å²) in [5.74, 6) is 1.55. The van der Waals surface area contributed by atoms with Crippen LogP contribution in [-0.4, -0.2) is 41.3 Å². The normalized spacial score (nSPS) is 12.7. The van der Waals surface area contributed by atoms with Crippen molar-refractivity contribution in [2.24, 2.45) is 0 Å². The number of rotatable bonds is 4. The predicted molar refractivity (Wildman–Crippen MR) is 78.9 cm³/mol. The molecule has 0 aliphatic carbocycles. The number of nitrogens with zero attached hydrogens (tertiary/aromatic N) is 3. The van der Waals surface area contributed by atoms with Gasteiger partial charge in [0.1, 0.15) is 17.2 Å². The Labute approximate surface area is 120 Å². The molecule has 1 N–H and O–H groups in total. The van der Waals surface area contributed by atoms with Gasteiger partial charge in [-0.2, -0.15) is 0 Å². The molecule has 0 radical (unpaired) electrons. The third-order valence-electron chi connectivity index (χ3n) is 2.72. The lowest BCUT2D eigenvalue weighted by Crippen LogP contribution is -2.42. The number of amides is 1.